The van der Waals surface area contributed by atoms with Crippen LogP contribution in [0.15, 0.2) is 18.2 Å². The summed E-state index contributed by atoms with van der Waals surface area (Å²) >= 11 is 2.04. The number of anilines is 1. The molecule has 1 atom stereocenters. The summed E-state index contributed by atoms with van der Waals surface area (Å²) in [5, 5.41) is 14.7. The summed E-state index contributed by atoms with van der Waals surface area (Å²) in [4.78, 5) is 23.2. The minimum absolute atomic E-state index is 0.101. The largest absolute Gasteiger partial charge is 0.478 e. The molecule has 1 aliphatic rings. The fourth-order valence-corrected chi connectivity index (χ4v) is 3.20. The molecule has 5 nitrogen and oxygen atoms in total. The fourth-order valence-electron chi connectivity index (χ4n) is 2.71. The first-order chi connectivity index (χ1) is 9.77. The monoisotopic (exact) mass is 402 g/mol. The van der Waals surface area contributed by atoms with E-state index in [9.17, 15) is 14.7 Å². The zero-order valence-corrected chi connectivity index (χ0v) is 14.2. The fraction of sp³-hybridized carbons (Fsp3) is 0.467. The van der Waals surface area contributed by atoms with Crippen LogP contribution in [0.1, 0.15) is 43.5 Å². The highest BCUT2D eigenvalue weighted by molar-refractivity contribution is 14.1. The van der Waals surface area contributed by atoms with Gasteiger partial charge in [-0.3, -0.25) is 0 Å². The van der Waals surface area contributed by atoms with Gasteiger partial charge >= 0.3 is 12.0 Å². The van der Waals surface area contributed by atoms with Crippen LogP contribution in [0, 0.1) is 8.99 Å². The average Bonchev–Trinajstić information content (AvgIpc) is 2.70. The molecule has 1 aliphatic carbocycles. The van der Waals surface area contributed by atoms with Gasteiger partial charge < -0.3 is 15.7 Å². The van der Waals surface area contributed by atoms with E-state index in [1.165, 1.54) is 6.07 Å². The predicted octanol–water partition coefficient (Wildman–Crippen LogP) is 3.69. The van der Waals surface area contributed by atoms with Gasteiger partial charge in [-0.05, 0) is 65.5 Å². The molecular weight excluding hydrogens is 383 g/mol. The third kappa shape index (κ3) is 4.33. The zero-order chi connectivity index (χ0) is 15.6. The van der Waals surface area contributed by atoms with Gasteiger partial charge in [-0.2, -0.15) is 0 Å². The number of carbonyl (C=O) groups excluding carboxylic acids is 1. The van der Waals surface area contributed by atoms with Crippen molar-refractivity contribution in [3.8, 4) is 0 Å². The maximum Gasteiger partial charge on any atom is 0.337 e. The Morgan fingerprint density at radius 3 is 2.67 bits per heavy atom. The topological polar surface area (TPSA) is 78.4 Å². The Morgan fingerprint density at radius 1 is 1.38 bits per heavy atom. The lowest BCUT2D eigenvalue weighted by molar-refractivity contribution is 0.0698. The molecule has 2 rings (SSSR count). The molecule has 1 fully saturated rings. The number of halogens is 1. The second kappa shape index (κ2) is 6.21. The average molecular weight is 402 g/mol. The molecule has 0 aliphatic heterocycles. The molecule has 1 saturated carbocycles. The lowest BCUT2D eigenvalue weighted by Crippen LogP contribution is -2.37. The number of carboxylic acids is 1. The van der Waals surface area contributed by atoms with E-state index >= 15 is 0 Å². The number of hydrogen-bond acceptors (Lipinski definition) is 2. The number of carbonyl (C=O) groups is 2. The van der Waals surface area contributed by atoms with Crippen molar-refractivity contribution < 1.29 is 14.7 Å². The Labute approximate surface area is 137 Å². The number of benzene rings is 1. The van der Waals surface area contributed by atoms with Gasteiger partial charge in [0.1, 0.15) is 0 Å². The van der Waals surface area contributed by atoms with Crippen molar-refractivity contribution in [2.45, 2.75) is 39.2 Å². The van der Waals surface area contributed by atoms with E-state index in [0.717, 1.165) is 22.8 Å². The quantitative estimate of drug-likeness (QED) is 0.675. The van der Waals surface area contributed by atoms with Gasteiger partial charge in [0.2, 0.25) is 0 Å². The second-order valence-electron chi connectivity index (χ2n) is 6.20. The van der Waals surface area contributed by atoms with Crippen LogP contribution in [0.3, 0.4) is 0 Å². The summed E-state index contributed by atoms with van der Waals surface area (Å²) in [6, 6.07) is 4.72. The van der Waals surface area contributed by atoms with Crippen molar-refractivity contribution >= 4 is 40.3 Å². The molecule has 0 aromatic heterocycles. The van der Waals surface area contributed by atoms with Gasteiger partial charge in [0.15, 0.2) is 0 Å². The lowest BCUT2D eigenvalue weighted by atomic mass is 9.92. The number of nitrogens with one attached hydrogen (secondary N) is 2. The van der Waals surface area contributed by atoms with Crippen LogP contribution in [0.5, 0.6) is 0 Å². The Kier molecular flexibility index (Phi) is 4.75. The smallest absolute Gasteiger partial charge is 0.337 e. The summed E-state index contributed by atoms with van der Waals surface area (Å²) < 4.78 is 0.813. The molecule has 0 saturated heterocycles. The van der Waals surface area contributed by atoms with Crippen LogP contribution in [0.2, 0.25) is 0 Å². The number of aromatic carboxylic acids is 1. The van der Waals surface area contributed by atoms with Crippen molar-refractivity contribution in [2.75, 3.05) is 5.32 Å². The van der Waals surface area contributed by atoms with Crippen molar-refractivity contribution in [1.29, 1.82) is 0 Å². The van der Waals surface area contributed by atoms with E-state index < -0.39 is 5.97 Å². The summed E-state index contributed by atoms with van der Waals surface area (Å²) in [6.07, 6.45) is 2.99. The standard InChI is InChI=1S/C15H19IN2O3/c1-15(2)6-5-10(8-15)17-14(21)18-12-4-3-9(16)7-11(12)13(19)20/h3-4,7,10H,5-6,8H2,1-2H3,(H,19,20)(H2,17,18,21). The molecule has 0 heterocycles. The van der Waals surface area contributed by atoms with E-state index in [-0.39, 0.29) is 23.1 Å². The first-order valence-corrected chi connectivity index (χ1v) is 7.95. The Balaban J connectivity index is 2.02. The molecule has 0 spiro atoms. The Morgan fingerprint density at radius 2 is 2.10 bits per heavy atom. The number of urea groups is 1. The molecular formula is C15H19IN2O3. The number of carboxylic acid groups (broad SMARTS) is 1. The molecule has 3 N–H and O–H groups in total. The van der Waals surface area contributed by atoms with Gasteiger partial charge in [0.05, 0.1) is 11.3 Å². The normalized spacial score (nSPS) is 20.0. The van der Waals surface area contributed by atoms with E-state index in [4.69, 9.17) is 0 Å². The van der Waals surface area contributed by atoms with Crippen molar-refractivity contribution in [1.82, 2.24) is 5.32 Å². The van der Waals surface area contributed by atoms with Gasteiger partial charge in [0, 0.05) is 9.61 Å². The maximum atomic E-state index is 12.0. The minimum atomic E-state index is -1.05. The first kappa shape index (κ1) is 16.1. The predicted molar refractivity (Wildman–Crippen MR) is 89.7 cm³/mol. The van der Waals surface area contributed by atoms with Crippen LogP contribution < -0.4 is 10.6 Å². The molecule has 1 aromatic rings. The minimum Gasteiger partial charge on any atom is -0.478 e. The Hall–Kier alpha value is -1.31. The van der Waals surface area contributed by atoms with Gasteiger partial charge in [-0.1, -0.05) is 13.8 Å². The van der Waals surface area contributed by atoms with Gasteiger partial charge in [-0.15, -0.1) is 0 Å². The van der Waals surface area contributed by atoms with Crippen LogP contribution >= 0.6 is 22.6 Å². The van der Waals surface area contributed by atoms with E-state index in [2.05, 4.69) is 24.5 Å². The molecule has 2 amide bonds. The molecule has 21 heavy (non-hydrogen) atoms. The summed E-state index contributed by atoms with van der Waals surface area (Å²) in [7, 11) is 0. The van der Waals surface area contributed by atoms with Gasteiger partial charge in [-0.25, -0.2) is 9.59 Å². The molecule has 0 bridgehead atoms. The van der Waals surface area contributed by atoms with E-state index in [0.29, 0.717) is 5.69 Å². The number of amides is 2. The van der Waals surface area contributed by atoms with E-state index in [1.54, 1.807) is 12.1 Å². The highest BCUT2D eigenvalue weighted by atomic mass is 127. The first-order valence-electron chi connectivity index (χ1n) is 6.87. The maximum absolute atomic E-state index is 12.0. The number of rotatable bonds is 3. The van der Waals surface area contributed by atoms with Crippen molar-refractivity contribution in [2.24, 2.45) is 5.41 Å². The third-order valence-electron chi connectivity index (χ3n) is 3.76. The molecule has 1 unspecified atom stereocenters. The number of hydrogen-bond donors (Lipinski definition) is 3. The molecule has 6 heteroatoms. The molecule has 1 aromatic carbocycles. The van der Waals surface area contributed by atoms with Crippen LogP contribution in [0.25, 0.3) is 0 Å². The third-order valence-corrected chi connectivity index (χ3v) is 4.43. The van der Waals surface area contributed by atoms with Crippen molar-refractivity contribution in [3.63, 3.8) is 0 Å². The molecule has 114 valence electrons. The van der Waals surface area contributed by atoms with Crippen molar-refractivity contribution in [3.05, 3.63) is 27.3 Å². The van der Waals surface area contributed by atoms with Crippen LogP contribution in [-0.4, -0.2) is 23.1 Å². The lowest BCUT2D eigenvalue weighted by Gasteiger charge is -2.18. The summed E-state index contributed by atoms with van der Waals surface area (Å²) in [5.41, 5.74) is 0.675. The Bertz CT molecular complexity index is 572. The second-order valence-corrected chi connectivity index (χ2v) is 7.44. The zero-order valence-electron chi connectivity index (χ0n) is 12.1. The SMILES string of the molecule is CC1(C)CCC(NC(=O)Nc2ccc(I)cc2C(=O)O)C1. The summed E-state index contributed by atoms with van der Waals surface area (Å²) in [6.45, 7) is 4.38. The highest BCUT2D eigenvalue weighted by Crippen LogP contribution is 2.36. The van der Waals surface area contributed by atoms with E-state index in [1.807, 2.05) is 22.6 Å². The van der Waals surface area contributed by atoms with Crippen LogP contribution in [-0.2, 0) is 0 Å². The van der Waals surface area contributed by atoms with Crippen LogP contribution in [0.4, 0.5) is 10.5 Å². The highest BCUT2D eigenvalue weighted by Gasteiger charge is 2.31. The summed E-state index contributed by atoms with van der Waals surface area (Å²) in [5.74, 6) is -1.05. The van der Waals surface area contributed by atoms with Gasteiger partial charge in [0.25, 0.3) is 0 Å². The molecule has 0 radical (unpaired) electrons.